The van der Waals surface area contributed by atoms with Gasteiger partial charge in [0.15, 0.2) is 0 Å². The largest absolute Gasteiger partial charge is 0.489 e. The number of hydrogen-bond donors (Lipinski definition) is 1. The number of thioether (sulfide) groups is 1. The van der Waals surface area contributed by atoms with Gasteiger partial charge in [0.25, 0.3) is 0 Å². The van der Waals surface area contributed by atoms with Gasteiger partial charge in [0, 0.05) is 33.9 Å². The maximum Gasteiger partial charge on any atom is 0.214 e. The average Bonchev–Trinajstić information content (AvgIpc) is 3.28. The summed E-state index contributed by atoms with van der Waals surface area (Å²) in [4.78, 5) is 0. The second kappa shape index (κ2) is 13.0. The topological polar surface area (TPSA) is 64.9 Å². The third-order valence-corrected chi connectivity index (χ3v) is 6.26. The van der Waals surface area contributed by atoms with Gasteiger partial charge in [-0.1, -0.05) is 69.6 Å². The standard InChI is InChI=1S/C23H21BrClN5OS.ClH/c24-19-8-11-22(31-16-17-6-9-20(25)10-7-17)18(14-19)15-26-12-13-32-23-27-28-29-30(23)21-4-2-1-3-5-21;/h1-11,14,26H,12-13,15-16H2;1H. The molecule has 0 atom stereocenters. The molecule has 0 saturated heterocycles. The van der Waals surface area contributed by atoms with E-state index >= 15 is 0 Å². The number of hydrogen-bond acceptors (Lipinski definition) is 6. The molecule has 33 heavy (non-hydrogen) atoms. The third-order valence-electron chi connectivity index (χ3n) is 4.60. The van der Waals surface area contributed by atoms with Crippen molar-refractivity contribution >= 4 is 51.7 Å². The van der Waals surface area contributed by atoms with Gasteiger partial charge in [0.1, 0.15) is 12.4 Å². The summed E-state index contributed by atoms with van der Waals surface area (Å²) in [5.41, 5.74) is 3.11. The van der Waals surface area contributed by atoms with Crippen molar-refractivity contribution in [3.63, 3.8) is 0 Å². The van der Waals surface area contributed by atoms with Crippen LogP contribution in [-0.4, -0.2) is 32.5 Å². The fraction of sp³-hybridized carbons (Fsp3) is 0.174. The summed E-state index contributed by atoms with van der Waals surface area (Å²) in [6, 6.07) is 23.6. The highest BCUT2D eigenvalue weighted by Gasteiger charge is 2.09. The zero-order chi connectivity index (χ0) is 22.2. The molecule has 0 aliphatic carbocycles. The number of para-hydroxylation sites is 1. The lowest BCUT2D eigenvalue weighted by atomic mass is 10.2. The molecule has 6 nitrogen and oxygen atoms in total. The Labute approximate surface area is 216 Å². The summed E-state index contributed by atoms with van der Waals surface area (Å²) < 4.78 is 8.83. The summed E-state index contributed by atoms with van der Waals surface area (Å²) in [5.74, 6) is 1.69. The molecule has 1 N–H and O–H groups in total. The predicted octanol–water partition coefficient (Wildman–Crippen LogP) is 5.96. The number of nitrogens with zero attached hydrogens (tertiary/aromatic N) is 4. The van der Waals surface area contributed by atoms with Gasteiger partial charge in [0.2, 0.25) is 5.16 Å². The van der Waals surface area contributed by atoms with Crippen LogP contribution in [0.2, 0.25) is 5.02 Å². The molecular weight excluding hydrogens is 545 g/mol. The lowest BCUT2D eigenvalue weighted by Gasteiger charge is -2.13. The second-order valence-electron chi connectivity index (χ2n) is 6.90. The maximum atomic E-state index is 6.06. The lowest BCUT2D eigenvalue weighted by Crippen LogP contribution is -2.17. The van der Waals surface area contributed by atoms with Crippen LogP contribution in [0.5, 0.6) is 5.75 Å². The first-order chi connectivity index (χ1) is 15.7. The van der Waals surface area contributed by atoms with Crippen LogP contribution in [0, 0.1) is 0 Å². The van der Waals surface area contributed by atoms with Crippen molar-refractivity contribution in [1.82, 2.24) is 25.5 Å². The van der Waals surface area contributed by atoms with E-state index in [1.54, 1.807) is 16.4 Å². The Bertz CT molecular complexity index is 1150. The Morgan fingerprint density at radius 3 is 2.61 bits per heavy atom. The van der Waals surface area contributed by atoms with E-state index in [4.69, 9.17) is 16.3 Å². The molecule has 1 aromatic heterocycles. The molecule has 0 radical (unpaired) electrons. The summed E-state index contributed by atoms with van der Waals surface area (Å²) in [6.07, 6.45) is 0. The smallest absolute Gasteiger partial charge is 0.214 e. The van der Waals surface area contributed by atoms with Gasteiger partial charge in [-0.05, 0) is 58.5 Å². The van der Waals surface area contributed by atoms with Crippen molar-refractivity contribution < 1.29 is 4.74 Å². The minimum absolute atomic E-state index is 0. The summed E-state index contributed by atoms with van der Waals surface area (Å²) in [6.45, 7) is 1.98. The van der Waals surface area contributed by atoms with Crippen molar-refractivity contribution in [2.75, 3.05) is 12.3 Å². The van der Waals surface area contributed by atoms with E-state index in [2.05, 4.69) is 42.8 Å². The molecule has 10 heteroatoms. The summed E-state index contributed by atoms with van der Waals surface area (Å²) >= 11 is 11.1. The van der Waals surface area contributed by atoms with Crippen LogP contribution in [0.3, 0.4) is 0 Å². The quantitative estimate of drug-likeness (QED) is 0.189. The van der Waals surface area contributed by atoms with Gasteiger partial charge in [-0.2, -0.15) is 4.68 Å². The van der Waals surface area contributed by atoms with E-state index in [9.17, 15) is 0 Å². The van der Waals surface area contributed by atoms with Gasteiger partial charge >= 0.3 is 0 Å². The first-order valence-corrected chi connectivity index (χ1v) is 12.2. The fourth-order valence-electron chi connectivity index (χ4n) is 3.01. The van der Waals surface area contributed by atoms with E-state index in [1.807, 2.05) is 66.7 Å². The van der Waals surface area contributed by atoms with Gasteiger partial charge < -0.3 is 10.1 Å². The Morgan fingerprint density at radius 2 is 1.82 bits per heavy atom. The number of ether oxygens (including phenoxy) is 1. The van der Waals surface area contributed by atoms with Crippen molar-refractivity contribution in [2.24, 2.45) is 0 Å². The highest BCUT2D eigenvalue weighted by Crippen LogP contribution is 2.25. The molecule has 1 heterocycles. The molecule has 172 valence electrons. The molecule has 0 aliphatic rings. The monoisotopic (exact) mass is 565 g/mol. The summed E-state index contributed by atoms with van der Waals surface area (Å²) in [5, 5.41) is 17.0. The molecule has 0 amide bonds. The van der Waals surface area contributed by atoms with Crippen molar-refractivity contribution in [2.45, 2.75) is 18.3 Å². The van der Waals surface area contributed by atoms with Crippen molar-refractivity contribution in [3.05, 3.63) is 93.4 Å². The van der Waals surface area contributed by atoms with E-state index in [0.717, 1.165) is 49.5 Å². The van der Waals surface area contributed by atoms with Crippen LogP contribution in [-0.2, 0) is 13.2 Å². The van der Waals surface area contributed by atoms with Gasteiger partial charge in [-0.25, -0.2) is 0 Å². The summed E-state index contributed by atoms with van der Waals surface area (Å²) in [7, 11) is 0. The SMILES string of the molecule is Cl.Clc1ccc(COc2ccc(Br)cc2CNCCSc2nnnn2-c2ccccc2)cc1. The molecular formula is C23H22BrCl2N5OS. The first kappa shape index (κ1) is 25.5. The molecule has 4 rings (SSSR count). The normalized spacial score (nSPS) is 10.6. The second-order valence-corrected chi connectivity index (χ2v) is 9.32. The van der Waals surface area contributed by atoms with Crippen molar-refractivity contribution in [3.8, 4) is 11.4 Å². The van der Waals surface area contributed by atoms with Gasteiger partial charge in [-0.15, -0.1) is 17.5 Å². The molecule has 4 aromatic rings. The highest BCUT2D eigenvalue weighted by atomic mass is 79.9. The minimum Gasteiger partial charge on any atom is -0.489 e. The van der Waals surface area contributed by atoms with Crippen LogP contribution in [0.4, 0.5) is 0 Å². The molecule has 0 saturated carbocycles. The van der Waals surface area contributed by atoms with Gasteiger partial charge in [0.05, 0.1) is 5.69 Å². The van der Waals surface area contributed by atoms with E-state index in [0.29, 0.717) is 13.2 Å². The Hall–Kier alpha value is -2.10. The molecule has 0 bridgehead atoms. The zero-order valence-electron chi connectivity index (χ0n) is 17.5. The van der Waals surface area contributed by atoms with Crippen LogP contribution in [0.15, 0.2) is 82.4 Å². The maximum absolute atomic E-state index is 6.06. The van der Waals surface area contributed by atoms with E-state index in [-0.39, 0.29) is 12.4 Å². The molecule has 0 fully saturated rings. The predicted molar refractivity (Wildman–Crippen MR) is 139 cm³/mol. The van der Waals surface area contributed by atoms with Crippen LogP contribution in [0.25, 0.3) is 5.69 Å². The number of benzene rings is 3. The number of nitrogens with one attached hydrogen (secondary N) is 1. The number of rotatable bonds is 10. The molecule has 0 unspecified atom stereocenters. The van der Waals surface area contributed by atoms with Crippen LogP contribution < -0.4 is 10.1 Å². The Morgan fingerprint density at radius 1 is 1.03 bits per heavy atom. The Balaban J connectivity index is 0.00000306. The zero-order valence-corrected chi connectivity index (χ0v) is 21.5. The highest BCUT2D eigenvalue weighted by molar-refractivity contribution is 9.10. The first-order valence-electron chi connectivity index (χ1n) is 10.0. The van der Waals surface area contributed by atoms with Crippen LogP contribution in [0.1, 0.15) is 11.1 Å². The van der Waals surface area contributed by atoms with E-state index in [1.165, 1.54) is 0 Å². The molecule has 0 aliphatic heterocycles. The van der Waals surface area contributed by atoms with Crippen LogP contribution >= 0.6 is 51.7 Å². The lowest BCUT2D eigenvalue weighted by molar-refractivity contribution is 0.302. The fourth-order valence-corrected chi connectivity index (χ4v) is 4.33. The van der Waals surface area contributed by atoms with Gasteiger partial charge in [-0.3, -0.25) is 0 Å². The number of tetrazole rings is 1. The average molecular weight is 567 g/mol. The third kappa shape index (κ3) is 7.45. The number of aromatic nitrogens is 4. The number of halogens is 3. The molecule has 3 aromatic carbocycles. The van der Waals surface area contributed by atoms with E-state index < -0.39 is 0 Å². The Kier molecular flexibility index (Phi) is 10.0. The molecule has 0 spiro atoms. The minimum atomic E-state index is 0. The van der Waals surface area contributed by atoms with Crippen molar-refractivity contribution in [1.29, 1.82) is 0 Å².